The highest BCUT2D eigenvalue weighted by Gasteiger charge is 2.09. The minimum absolute atomic E-state index is 0.00411. The van der Waals surface area contributed by atoms with Gasteiger partial charge in [-0.2, -0.15) is 0 Å². The highest BCUT2D eigenvalue weighted by molar-refractivity contribution is 5.70. The van der Waals surface area contributed by atoms with Gasteiger partial charge in [0.25, 0.3) is 0 Å². The van der Waals surface area contributed by atoms with Crippen LogP contribution in [0.3, 0.4) is 0 Å². The van der Waals surface area contributed by atoms with Crippen LogP contribution in [0.5, 0.6) is 0 Å². The van der Waals surface area contributed by atoms with Crippen LogP contribution in [-0.4, -0.2) is 12.1 Å². The van der Waals surface area contributed by atoms with Crippen LogP contribution in [0.15, 0.2) is 18.2 Å². The van der Waals surface area contributed by atoms with Crippen molar-refractivity contribution in [3.63, 3.8) is 0 Å². The first-order valence-corrected chi connectivity index (χ1v) is 6.08. The van der Waals surface area contributed by atoms with Crippen LogP contribution < -0.4 is 5.73 Å². The summed E-state index contributed by atoms with van der Waals surface area (Å²) in [5, 5.41) is 0. The van der Waals surface area contributed by atoms with Crippen molar-refractivity contribution in [3.8, 4) is 0 Å². The van der Waals surface area contributed by atoms with Crippen molar-refractivity contribution in [3.05, 3.63) is 29.3 Å². The van der Waals surface area contributed by atoms with Gasteiger partial charge in [-0.3, -0.25) is 4.79 Å². The van der Waals surface area contributed by atoms with E-state index in [1.165, 1.54) is 0 Å². The molecule has 94 valence electrons. The van der Waals surface area contributed by atoms with Crippen LogP contribution in [0, 0.1) is 6.92 Å². The van der Waals surface area contributed by atoms with E-state index in [0.717, 1.165) is 23.2 Å². The van der Waals surface area contributed by atoms with E-state index in [4.69, 9.17) is 10.5 Å². The summed E-state index contributed by atoms with van der Waals surface area (Å²) in [5.41, 5.74) is 8.76. The quantitative estimate of drug-likeness (QED) is 0.630. The van der Waals surface area contributed by atoms with Crippen LogP contribution in [0.2, 0.25) is 0 Å². The zero-order valence-corrected chi connectivity index (χ0v) is 10.8. The number of hydrogen-bond acceptors (Lipinski definition) is 3. The number of nitrogens with two attached hydrogens (primary N) is 1. The van der Waals surface area contributed by atoms with Gasteiger partial charge in [-0.05, 0) is 43.9 Å². The lowest BCUT2D eigenvalue weighted by molar-refractivity contribution is -0.148. The number of anilines is 1. The van der Waals surface area contributed by atoms with Crippen LogP contribution in [0.1, 0.15) is 37.8 Å². The first-order chi connectivity index (χ1) is 8.04. The van der Waals surface area contributed by atoms with Crippen molar-refractivity contribution in [2.24, 2.45) is 0 Å². The summed E-state index contributed by atoms with van der Waals surface area (Å²) < 4.78 is 5.22. The Bertz CT molecular complexity index is 388. The van der Waals surface area contributed by atoms with Gasteiger partial charge in [-0.15, -0.1) is 0 Å². The summed E-state index contributed by atoms with van der Waals surface area (Å²) >= 11 is 0. The van der Waals surface area contributed by atoms with E-state index >= 15 is 0 Å². The molecule has 0 aromatic heterocycles. The van der Waals surface area contributed by atoms with E-state index in [-0.39, 0.29) is 12.1 Å². The molecule has 0 aliphatic carbocycles. The Labute approximate surface area is 103 Å². The smallest absolute Gasteiger partial charge is 0.306 e. The molecule has 1 rings (SSSR count). The van der Waals surface area contributed by atoms with E-state index in [2.05, 4.69) is 0 Å². The third-order valence-corrected chi connectivity index (χ3v) is 2.99. The largest absolute Gasteiger partial charge is 0.463 e. The molecule has 3 heteroatoms. The molecule has 0 spiro atoms. The number of rotatable bonds is 5. The van der Waals surface area contributed by atoms with Gasteiger partial charge < -0.3 is 10.5 Å². The van der Waals surface area contributed by atoms with E-state index < -0.39 is 0 Å². The second-order valence-electron chi connectivity index (χ2n) is 4.34. The standard InChI is InChI=1S/C14H21NO2/c1-4-10(2)17-14(16)9-8-12-6-5-7-13(15)11(12)3/h5-7,10H,4,8-9,15H2,1-3H3. The maximum Gasteiger partial charge on any atom is 0.306 e. The van der Waals surface area contributed by atoms with Crippen molar-refractivity contribution in [1.82, 2.24) is 0 Å². The predicted molar refractivity (Wildman–Crippen MR) is 69.8 cm³/mol. The minimum Gasteiger partial charge on any atom is -0.463 e. The van der Waals surface area contributed by atoms with Crippen molar-refractivity contribution < 1.29 is 9.53 Å². The van der Waals surface area contributed by atoms with Gasteiger partial charge >= 0.3 is 5.97 Å². The van der Waals surface area contributed by atoms with Crippen molar-refractivity contribution >= 4 is 11.7 Å². The molecule has 0 saturated heterocycles. The summed E-state index contributed by atoms with van der Waals surface area (Å²) in [6.45, 7) is 5.88. The molecule has 0 aliphatic rings. The van der Waals surface area contributed by atoms with E-state index in [1.54, 1.807) is 0 Å². The molecule has 0 saturated carbocycles. The normalized spacial score (nSPS) is 12.2. The van der Waals surface area contributed by atoms with Crippen LogP contribution >= 0.6 is 0 Å². The van der Waals surface area contributed by atoms with Crippen LogP contribution in [-0.2, 0) is 16.0 Å². The van der Waals surface area contributed by atoms with E-state index in [1.807, 2.05) is 39.0 Å². The summed E-state index contributed by atoms with van der Waals surface area (Å²) in [5.74, 6) is -0.138. The molecule has 3 nitrogen and oxygen atoms in total. The fourth-order valence-corrected chi connectivity index (χ4v) is 1.58. The lowest BCUT2D eigenvalue weighted by Gasteiger charge is -2.11. The number of esters is 1. The average molecular weight is 235 g/mol. The second-order valence-corrected chi connectivity index (χ2v) is 4.34. The number of carbonyl (C=O) groups excluding carboxylic acids is 1. The lowest BCUT2D eigenvalue weighted by Crippen LogP contribution is -2.14. The molecule has 0 aliphatic heterocycles. The third kappa shape index (κ3) is 4.10. The molecule has 0 radical (unpaired) electrons. The van der Waals surface area contributed by atoms with E-state index in [9.17, 15) is 4.79 Å². The zero-order chi connectivity index (χ0) is 12.8. The first-order valence-electron chi connectivity index (χ1n) is 6.08. The summed E-state index contributed by atoms with van der Waals surface area (Å²) in [7, 11) is 0. The molecule has 0 fully saturated rings. The Kier molecular flexibility index (Phi) is 5.01. The zero-order valence-electron chi connectivity index (χ0n) is 10.8. The molecule has 0 bridgehead atoms. The minimum atomic E-state index is -0.138. The Morgan fingerprint density at radius 3 is 2.82 bits per heavy atom. The maximum absolute atomic E-state index is 11.5. The molecule has 1 aromatic rings. The molecule has 1 unspecified atom stereocenters. The van der Waals surface area contributed by atoms with Gasteiger partial charge in [0.1, 0.15) is 0 Å². The van der Waals surface area contributed by atoms with E-state index in [0.29, 0.717) is 12.8 Å². The molecule has 17 heavy (non-hydrogen) atoms. The molecule has 2 N–H and O–H groups in total. The Balaban J connectivity index is 2.50. The van der Waals surface area contributed by atoms with Gasteiger partial charge in [0.15, 0.2) is 0 Å². The number of ether oxygens (including phenoxy) is 1. The highest BCUT2D eigenvalue weighted by atomic mass is 16.5. The molecule has 1 atom stereocenters. The SMILES string of the molecule is CCC(C)OC(=O)CCc1cccc(N)c1C. The fourth-order valence-electron chi connectivity index (χ4n) is 1.58. The number of carbonyl (C=O) groups is 1. The summed E-state index contributed by atoms with van der Waals surface area (Å²) in [6, 6.07) is 5.79. The van der Waals surface area contributed by atoms with Crippen molar-refractivity contribution in [2.75, 3.05) is 5.73 Å². The number of benzene rings is 1. The van der Waals surface area contributed by atoms with Crippen LogP contribution in [0.25, 0.3) is 0 Å². The summed E-state index contributed by atoms with van der Waals surface area (Å²) in [6.07, 6.45) is 1.95. The molecular weight excluding hydrogens is 214 g/mol. The third-order valence-electron chi connectivity index (χ3n) is 2.99. The van der Waals surface area contributed by atoms with Crippen LogP contribution in [0.4, 0.5) is 5.69 Å². The monoisotopic (exact) mass is 235 g/mol. The molecule has 1 aromatic carbocycles. The Morgan fingerprint density at radius 1 is 1.47 bits per heavy atom. The van der Waals surface area contributed by atoms with Gasteiger partial charge in [0.2, 0.25) is 0 Å². The molecule has 0 amide bonds. The highest BCUT2D eigenvalue weighted by Crippen LogP contribution is 2.17. The van der Waals surface area contributed by atoms with Crippen molar-refractivity contribution in [1.29, 1.82) is 0 Å². The summed E-state index contributed by atoms with van der Waals surface area (Å²) in [4.78, 5) is 11.5. The second kappa shape index (κ2) is 6.28. The number of hydrogen-bond donors (Lipinski definition) is 1. The number of nitrogen functional groups attached to an aromatic ring is 1. The topological polar surface area (TPSA) is 52.3 Å². The first kappa shape index (κ1) is 13.6. The molecular formula is C14H21NO2. The van der Waals surface area contributed by atoms with Gasteiger partial charge in [0, 0.05) is 12.1 Å². The van der Waals surface area contributed by atoms with Gasteiger partial charge in [0.05, 0.1) is 6.10 Å². The van der Waals surface area contributed by atoms with Crippen molar-refractivity contribution in [2.45, 2.75) is 46.1 Å². The lowest BCUT2D eigenvalue weighted by atomic mass is 10.0. The predicted octanol–water partition coefficient (Wildman–Crippen LogP) is 2.85. The Hall–Kier alpha value is -1.51. The Morgan fingerprint density at radius 2 is 2.18 bits per heavy atom. The number of aryl methyl sites for hydroxylation is 1. The molecule has 0 heterocycles. The van der Waals surface area contributed by atoms with Gasteiger partial charge in [-0.1, -0.05) is 19.1 Å². The van der Waals surface area contributed by atoms with Gasteiger partial charge in [-0.25, -0.2) is 0 Å². The maximum atomic E-state index is 11.5. The fraction of sp³-hybridized carbons (Fsp3) is 0.500. The average Bonchev–Trinajstić information content (AvgIpc) is 2.31.